The average molecular weight is 231 g/mol. The van der Waals surface area contributed by atoms with E-state index in [-0.39, 0.29) is 5.91 Å². The third-order valence-corrected chi connectivity index (χ3v) is 2.43. The Hall–Kier alpha value is -2.02. The molecule has 0 aliphatic heterocycles. The smallest absolute Gasteiger partial charge is 0.255 e. The van der Waals surface area contributed by atoms with Gasteiger partial charge in [0.15, 0.2) is 0 Å². The minimum atomic E-state index is -0.0585. The van der Waals surface area contributed by atoms with Crippen molar-refractivity contribution in [2.24, 2.45) is 0 Å². The van der Waals surface area contributed by atoms with Gasteiger partial charge in [-0.25, -0.2) is 0 Å². The first-order chi connectivity index (χ1) is 8.20. The molecule has 0 unspecified atom stereocenters. The number of amides is 1. The lowest BCUT2D eigenvalue weighted by Gasteiger charge is -2.18. The molecule has 0 saturated carbocycles. The van der Waals surface area contributed by atoms with Gasteiger partial charge in [-0.1, -0.05) is 12.1 Å². The lowest BCUT2D eigenvalue weighted by molar-refractivity contribution is 0.0799. The van der Waals surface area contributed by atoms with Crippen LogP contribution in [0, 0.1) is 11.3 Å². The summed E-state index contributed by atoms with van der Waals surface area (Å²) in [7, 11) is 1.71. The topological polar surface area (TPSA) is 56.1 Å². The molecule has 1 N–H and O–H groups in total. The molecule has 17 heavy (non-hydrogen) atoms. The van der Waals surface area contributed by atoms with Crippen molar-refractivity contribution in [3.05, 3.63) is 29.8 Å². The Kier molecular flexibility index (Phi) is 5.02. The Morgan fingerprint density at radius 1 is 1.47 bits per heavy atom. The molecular formula is C13H17N3O. The standard InChI is InChI=1S/C13H17N3O/c1-3-15-12-8-5-4-7-11(12)13(17)16(2)10-6-9-14/h4-5,7-8,15H,3,6,10H2,1-2H3. The van der Waals surface area contributed by atoms with Crippen LogP contribution >= 0.6 is 0 Å². The Morgan fingerprint density at radius 2 is 2.18 bits per heavy atom. The van der Waals surface area contributed by atoms with Gasteiger partial charge >= 0.3 is 0 Å². The maximum Gasteiger partial charge on any atom is 0.255 e. The van der Waals surface area contributed by atoms with E-state index in [0.29, 0.717) is 18.5 Å². The predicted octanol–water partition coefficient (Wildman–Crippen LogP) is 2.10. The van der Waals surface area contributed by atoms with Gasteiger partial charge in [-0.05, 0) is 19.1 Å². The van der Waals surface area contributed by atoms with E-state index in [1.807, 2.05) is 31.2 Å². The first kappa shape index (κ1) is 13.0. The first-order valence-corrected chi connectivity index (χ1v) is 5.66. The third kappa shape index (κ3) is 3.49. The second-order valence-electron chi connectivity index (χ2n) is 3.71. The summed E-state index contributed by atoms with van der Waals surface area (Å²) in [6, 6.07) is 9.45. The number of nitrogens with zero attached hydrogens (tertiary/aromatic N) is 2. The maximum atomic E-state index is 12.1. The van der Waals surface area contributed by atoms with Crippen LogP contribution in [0.2, 0.25) is 0 Å². The van der Waals surface area contributed by atoms with Crippen molar-refractivity contribution >= 4 is 11.6 Å². The minimum Gasteiger partial charge on any atom is -0.385 e. The molecule has 0 saturated heterocycles. The van der Waals surface area contributed by atoms with Crippen LogP contribution in [0.25, 0.3) is 0 Å². The number of carbonyl (C=O) groups is 1. The Morgan fingerprint density at radius 3 is 2.82 bits per heavy atom. The van der Waals surface area contributed by atoms with Gasteiger partial charge in [-0.2, -0.15) is 5.26 Å². The van der Waals surface area contributed by atoms with Gasteiger partial charge in [0.25, 0.3) is 5.91 Å². The Balaban J connectivity index is 2.84. The lowest BCUT2D eigenvalue weighted by Crippen LogP contribution is -2.28. The van der Waals surface area contributed by atoms with E-state index in [0.717, 1.165) is 12.2 Å². The molecule has 0 bridgehead atoms. The average Bonchev–Trinajstić information content (AvgIpc) is 2.36. The summed E-state index contributed by atoms with van der Waals surface area (Å²) in [6.45, 7) is 3.21. The van der Waals surface area contributed by atoms with Crippen molar-refractivity contribution in [2.75, 3.05) is 25.5 Å². The van der Waals surface area contributed by atoms with E-state index < -0.39 is 0 Å². The van der Waals surface area contributed by atoms with Gasteiger partial charge in [0.2, 0.25) is 0 Å². The highest BCUT2D eigenvalue weighted by molar-refractivity contribution is 5.99. The van der Waals surface area contributed by atoms with Crippen LogP contribution in [-0.4, -0.2) is 30.9 Å². The number of hydrogen-bond acceptors (Lipinski definition) is 3. The van der Waals surface area contributed by atoms with Crippen LogP contribution in [-0.2, 0) is 0 Å². The van der Waals surface area contributed by atoms with E-state index >= 15 is 0 Å². The number of para-hydroxylation sites is 1. The molecule has 1 aromatic rings. The molecule has 1 rings (SSSR count). The maximum absolute atomic E-state index is 12.1. The minimum absolute atomic E-state index is 0.0585. The van der Waals surface area contributed by atoms with Crippen LogP contribution in [0.4, 0.5) is 5.69 Å². The molecular weight excluding hydrogens is 214 g/mol. The summed E-state index contributed by atoms with van der Waals surface area (Å²) < 4.78 is 0. The number of nitriles is 1. The molecule has 0 heterocycles. The predicted molar refractivity (Wildman–Crippen MR) is 67.8 cm³/mol. The van der Waals surface area contributed by atoms with Gasteiger partial charge in [-0.15, -0.1) is 0 Å². The van der Waals surface area contributed by atoms with Crippen molar-refractivity contribution in [1.29, 1.82) is 5.26 Å². The van der Waals surface area contributed by atoms with Crippen molar-refractivity contribution in [1.82, 2.24) is 4.90 Å². The van der Waals surface area contributed by atoms with Gasteiger partial charge in [0, 0.05) is 25.8 Å². The highest BCUT2D eigenvalue weighted by Crippen LogP contribution is 2.16. The summed E-state index contributed by atoms with van der Waals surface area (Å²) >= 11 is 0. The van der Waals surface area contributed by atoms with Crippen LogP contribution in [0.1, 0.15) is 23.7 Å². The van der Waals surface area contributed by atoms with Crippen molar-refractivity contribution in [3.8, 4) is 6.07 Å². The summed E-state index contributed by atoms with van der Waals surface area (Å²) in [5.74, 6) is -0.0585. The van der Waals surface area contributed by atoms with Gasteiger partial charge in [0.05, 0.1) is 18.1 Å². The largest absolute Gasteiger partial charge is 0.385 e. The number of anilines is 1. The van der Waals surface area contributed by atoms with E-state index in [1.165, 1.54) is 0 Å². The van der Waals surface area contributed by atoms with Crippen molar-refractivity contribution in [3.63, 3.8) is 0 Å². The highest BCUT2D eigenvalue weighted by Gasteiger charge is 2.14. The normalized spacial score (nSPS) is 9.47. The monoisotopic (exact) mass is 231 g/mol. The van der Waals surface area contributed by atoms with Crippen LogP contribution in [0.5, 0.6) is 0 Å². The molecule has 0 aromatic heterocycles. The second-order valence-corrected chi connectivity index (χ2v) is 3.71. The molecule has 4 heteroatoms. The molecule has 0 atom stereocenters. The van der Waals surface area contributed by atoms with Crippen molar-refractivity contribution < 1.29 is 4.79 Å². The van der Waals surface area contributed by atoms with E-state index in [2.05, 4.69) is 5.32 Å². The van der Waals surface area contributed by atoms with Gasteiger partial charge in [-0.3, -0.25) is 4.79 Å². The molecule has 1 aromatic carbocycles. The SMILES string of the molecule is CCNc1ccccc1C(=O)N(C)CCC#N. The number of nitrogens with one attached hydrogen (secondary N) is 1. The molecule has 0 aliphatic rings. The molecule has 4 nitrogen and oxygen atoms in total. The molecule has 0 radical (unpaired) electrons. The quantitative estimate of drug-likeness (QED) is 0.844. The molecule has 90 valence electrons. The number of rotatable bonds is 5. The van der Waals surface area contributed by atoms with E-state index in [1.54, 1.807) is 18.0 Å². The fraction of sp³-hybridized carbons (Fsp3) is 0.385. The fourth-order valence-electron chi connectivity index (χ4n) is 1.54. The van der Waals surface area contributed by atoms with Crippen LogP contribution < -0.4 is 5.32 Å². The third-order valence-electron chi connectivity index (χ3n) is 2.43. The van der Waals surface area contributed by atoms with E-state index in [4.69, 9.17) is 5.26 Å². The fourth-order valence-corrected chi connectivity index (χ4v) is 1.54. The van der Waals surface area contributed by atoms with E-state index in [9.17, 15) is 4.79 Å². The second kappa shape index (κ2) is 6.54. The zero-order valence-corrected chi connectivity index (χ0v) is 10.2. The zero-order valence-electron chi connectivity index (χ0n) is 10.2. The molecule has 0 fully saturated rings. The highest BCUT2D eigenvalue weighted by atomic mass is 16.2. The summed E-state index contributed by atoms with van der Waals surface area (Å²) in [5, 5.41) is 11.7. The zero-order chi connectivity index (χ0) is 12.7. The molecule has 1 amide bonds. The summed E-state index contributed by atoms with van der Waals surface area (Å²) in [6.07, 6.45) is 0.353. The number of carbonyl (C=O) groups excluding carboxylic acids is 1. The van der Waals surface area contributed by atoms with Crippen LogP contribution in [0.3, 0.4) is 0 Å². The molecule has 0 aliphatic carbocycles. The van der Waals surface area contributed by atoms with Gasteiger partial charge < -0.3 is 10.2 Å². The first-order valence-electron chi connectivity index (χ1n) is 5.66. The Bertz CT molecular complexity index is 423. The Labute approximate surface area is 102 Å². The lowest BCUT2D eigenvalue weighted by atomic mass is 10.1. The number of benzene rings is 1. The summed E-state index contributed by atoms with van der Waals surface area (Å²) in [4.78, 5) is 13.7. The van der Waals surface area contributed by atoms with Crippen LogP contribution in [0.15, 0.2) is 24.3 Å². The van der Waals surface area contributed by atoms with Crippen molar-refractivity contribution in [2.45, 2.75) is 13.3 Å². The van der Waals surface area contributed by atoms with Gasteiger partial charge in [0.1, 0.15) is 0 Å². The number of hydrogen-bond donors (Lipinski definition) is 1. The molecule has 0 spiro atoms. The summed E-state index contributed by atoms with van der Waals surface area (Å²) in [5.41, 5.74) is 1.48.